The number of benzene rings is 3. The molecule has 3 aromatic carbocycles. The molecule has 0 radical (unpaired) electrons. The van der Waals surface area contributed by atoms with Crippen molar-refractivity contribution in [3.05, 3.63) is 100 Å². The molecule has 3 aromatic rings. The van der Waals surface area contributed by atoms with E-state index in [0.717, 1.165) is 27.9 Å². The lowest BCUT2D eigenvalue weighted by Crippen LogP contribution is -2.29. The Hall–Kier alpha value is -3.86. The molecule has 35 heavy (non-hydrogen) atoms. The summed E-state index contributed by atoms with van der Waals surface area (Å²) in [4.78, 5) is 30.3. The fraction of sp³-hybridized carbons (Fsp3) is 0.267. The van der Waals surface area contributed by atoms with E-state index in [1.54, 1.807) is 0 Å². The van der Waals surface area contributed by atoms with E-state index in [1.807, 2.05) is 99.6 Å². The van der Waals surface area contributed by atoms with Gasteiger partial charge in [-0.2, -0.15) is 0 Å². The minimum Gasteiger partial charge on any atom is -0.507 e. The topological polar surface area (TPSA) is 60.9 Å². The molecule has 5 nitrogen and oxygen atoms in total. The number of aliphatic hydroxyl groups is 1. The van der Waals surface area contributed by atoms with Gasteiger partial charge in [0.05, 0.1) is 11.6 Å². The fourth-order valence-electron chi connectivity index (χ4n) is 4.52. The van der Waals surface area contributed by atoms with Crippen LogP contribution in [0.25, 0.3) is 5.76 Å². The van der Waals surface area contributed by atoms with Crippen LogP contribution in [0.3, 0.4) is 0 Å². The van der Waals surface area contributed by atoms with E-state index in [-0.39, 0.29) is 11.3 Å². The molecule has 1 N–H and O–H groups in total. The zero-order valence-electron chi connectivity index (χ0n) is 21.2. The number of nitrogens with zero attached hydrogens (tertiary/aromatic N) is 2. The van der Waals surface area contributed by atoms with Crippen LogP contribution in [0, 0.1) is 13.8 Å². The van der Waals surface area contributed by atoms with Crippen molar-refractivity contribution in [3.63, 3.8) is 0 Å². The van der Waals surface area contributed by atoms with E-state index in [2.05, 4.69) is 13.8 Å². The minimum absolute atomic E-state index is 0.109. The normalized spacial score (nSPS) is 17.3. The van der Waals surface area contributed by atoms with Gasteiger partial charge in [-0.25, -0.2) is 0 Å². The van der Waals surface area contributed by atoms with Gasteiger partial charge >= 0.3 is 0 Å². The highest BCUT2D eigenvalue weighted by atomic mass is 16.3. The second-order valence-corrected chi connectivity index (χ2v) is 9.72. The lowest BCUT2D eigenvalue weighted by molar-refractivity contribution is -0.132. The van der Waals surface area contributed by atoms with Crippen molar-refractivity contribution < 1.29 is 14.7 Å². The molecule has 0 aromatic heterocycles. The summed E-state index contributed by atoms with van der Waals surface area (Å²) in [5.74, 6) is -1.12. The molecule has 0 spiro atoms. The molecule has 180 valence electrons. The van der Waals surface area contributed by atoms with Crippen molar-refractivity contribution in [2.24, 2.45) is 0 Å². The third kappa shape index (κ3) is 4.46. The third-order valence-electron chi connectivity index (χ3n) is 6.66. The number of carbonyl (C=O) groups is 2. The van der Waals surface area contributed by atoms with Gasteiger partial charge in [-0.3, -0.25) is 14.5 Å². The highest BCUT2D eigenvalue weighted by Crippen LogP contribution is 2.43. The summed E-state index contributed by atoms with van der Waals surface area (Å²) in [6, 6.07) is 20.4. The number of anilines is 2. The maximum Gasteiger partial charge on any atom is 0.300 e. The molecule has 4 rings (SSSR count). The van der Waals surface area contributed by atoms with Gasteiger partial charge in [0, 0.05) is 31.0 Å². The lowest BCUT2D eigenvalue weighted by atomic mass is 9.92. The summed E-state index contributed by atoms with van der Waals surface area (Å²) >= 11 is 0. The zero-order chi connectivity index (χ0) is 25.4. The van der Waals surface area contributed by atoms with E-state index in [4.69, 9.17) is 0 Å². The molecule has 0 aliphatic carbocycles. The first-order valence-corrected chi connectivity index (χ1v) is 11.9. The molecule has 0 saturated carbocycles. The van der Waals surface area contributed by atoms with Gasteiger partial charge in [0.1, 0.15) is 5.76 Å². The van der Waals surface area contributed by atoms with E-state index in [9.17, 15) is 14.7 Å². The van der Waals surface area contributed by atoms with Gasteiger partial charge in [-0.15, -0.1) is 0 Å². The average molecular weight is 469 g/mol. The van der Waals surface area contributed by atoms with Gasteiger partial charge in [0.25, 0.3) is 11.7 Å². The monoisotopic (exact) mass is 468 g/mol. The molecule has 5 heteroatoms. The van der Waals surface area contributed by atoms with Crippen LogP contribution in [-0.2, 0) is 9.59 Å². The first-order valence-electron chi connectivity index (χ1n) is 11.9. The molecule has 1 unspecified atom stereocenters. The minimum atomic E-state index is -0.735. The van der Waals surface area contributed by atoms with Gasteiger partial charge in [-0.1, -0.05) is 55.8 Å². The molecule has 0 bridgehead atoms. The number of Topliss-reactive ketones (excluding diaryl/α,β-unsaturated/α-hetero) is 1. The summed E-state index contributed by atoms with van der Waals surface area (Å²) in [6.45, 7) is 8.06. The maximum atomic E-state index is 13.4. The largest absolute Gasteiger partial charge is 0.507 e. The summed E-state index contributed by atoms with van der Waals surface area (Å²) in [7, 11) is 3.89. The Morgan fingerprint density at radius 3 is 2.11 bits per heavy atom. The van der Waals surface area contributed by atoms with Crippen LogP contribution in [0.4, 0.5) is 11.4 Å². The average Bonchev–Trinajstić information content (AvgIpc) is 3.10. The van der Waals surface area contributed by atoms with Crippen molar-refractivity contribution in [2.75, 3.05) is 23.9 Å². The van der Waals surface area contributed by atoms with Crippen LogP contribution in [0.5, 0.6) is 0 Å². The number of amides is 1. The van der Waals surface area contributed by atoms with Gasteiger partial charge in [0.15, 0.2) is 0 Å². The lowest BCUT2D eigenvalue weighted by Gasteiger charge is -2.26. The Kier molecular flexibility index (Phi) is 6.53. The number of aliphatic hydroxyl groups excluding tert-OH is 1. The number of aryl methyl sites for hydroxylation is 2. The Balaban J connectivity index is 1.93. The number of ketones is 1. The van der Waals surface area contributed by atoms with E-state index in [0.29, 0.717) is 17.2 Å². The van der Waals surface area contributed by atoms with Crippen molar-refractivity contribution in [1.82, 2.24) is 0 Å². The van der Waals surface area contributed by atoms with E-state index < -0.39 is 17.7 Å². The van der Waals surface area contributed by atoms with Gasteiger partial charge < -0.3 is 10.0 Å². The molecule has 1 aliphatic rings. The Labute approximate surface area is 207 Å². The number of hydrogen-bond acceptors (Lipinski definition) is 4. The quantitative estimate of drug-likeness (QED) is 0.278. The molecular formula is C30H32N2O3. The van der Waals surface area contributed by atoms with Crippen molar-refractivity contribution >= 4 is 28.8 Å². The van der Waals surface area contributed by atoms with Crippen molar-refractivity contribution in [1.29, 1.82) is 0 Å². The number of hydrogen-bond donors (Lipinski definition) is 1. The highest BCUT2D eigenvalue weighted by Gasteiger charge is 2.47. The first-order chi connectivity index (χ1) is 16.6. The first kappa shape index (κ1) is 24.3. The molecule has 1 atom stereocenters. The van der Waals surface area contributed by atoms with Crippen LogP contribution < -0.4 is 9.80 Å². The van der Waals surface area contributed by atoms with Crippen LogP contribution in [-0.4, -0.2) is 30.9 Å². The zero-order valence-corrected chi connectivity index (χ0v) is 21.2. The Morgan fingerprint density at radius 1 is 0.914 bits per heavy atom. The second-order valence-electron chi connectivity index (χ2n) is 9.72. The molecule has 1 saturated heterocycles. The predicted octanol–water partition coefficient (Wildman–Crippen LogP) is 6.12. The van der Waals surface area contributed by atoms with Gasteiger partial charge in [-0.05, 0) is 66.8 Å². The Bertz CT molecular complexity index is 1300. The van der Waals surface area contributed by atoms with Gasteiger partial charge in [0.2, 0.25) is 0 Å². The molecule has 1 amide bonds. The van der Waals surface area contributed by atoms with Crippen LogP contribution >= 0.6 is 0 Å². The number of rotatable bonds is 5. The molecule has 1 aliphatic heterocycles. The van der Waals surface area contributed by atoms with E-state index >= 15 is 0 Å². The van der Waals surface area contributed by atoms with Crippen molar-refractivity contribution in [3.8, 4) is 0 Å². The SMILES string of the molecule is Cc1ccc(C)c(/C(O)=C2\C(=O)C(=O)N(c3ccc(N(C)C)cc3)C2c2ccc(C(C)C)cc2)c1. The van der Waals surface area contributed by atoms with E-state index in [1.165, 1.54) is 4.90 Å². The summed E-state index contributed by atoms with van der Waals surface area (Å²) in [6.07, 6.45) is 0. The Morgan fingerprint density at radius 2 is 1.54 bits per heavy atom. The van der Waals surface area contributed by atoms with Crippen LogP contribution in [0.15, 0.2) is 72.3 Å². The van der Waals surface area contributed by atoms with Crippen LogP contribution in [0.1, 0.15) is 53.6 Å². The number of carbonyl (C=O) groups excluding carboxylic acids is 2. The summed E-state index contributed by atoms with van der Waals surface area (Å²) in [5.41, 5.74) is 6.00. The third-order valence-corrected chi connectivity index (χ3v) is 6.66. The second kappa shape index (κ2) is 9.41. The highest BCUT2D eigenvalue weighted by molar-refractivity contribution is 6.51. The molecule has 1 fully saturated rings. The standard InChI is InChI=1S/C30H32N2O3/c1-18(2)21-9-11-22(12-10-21)27-26(28(33)25-17-19(3)7-8-20(25)4)29(34)30(35)32(27)24-15-13-23(14-16-24)31(5)6/h7-18,27,33H,1-6H3/b28-26+. The maximum absolute atomic E-state index is 13.4. The summed E-state index contributed by atoms with van der Waals surface area (Å²) < 4.78 is 0. The smallest absolute Gasteiger partial charge is 0.300 e. The summed E-state index contributed by atoms with van der Waals surface area (Å²) in [5, 5.41) is 11.4. The predicted molar refractivity (Wildman–Crippen MR) is 142 cm³/mol. The van der Waals surface area contributed by atoms with Crippen LogP contribution in [0.2, 0.25) is 0 Å². The molecular weight excluding hydrogens is 436 g/mol. The molecule has 1 heterocycles. The fourth-order valence-corrected chi connectivity index (χ4v) is 4.52. The van der Waals surface area contributed by atoms with Crippen molar-refractivity contribution in [2.45, 2.75) is 39.7 Å².